The van der Waals surface area contributed by atoms with Crippen molar-refractivity contribution in [3.8, 4) is 0 Å². The topological polar surface area (TPSA) is 67.6 Å². The van der Waals surface area contributed by atoms with Gasteiger partial charge in [0.1, 0.15) is 0 Å². The molecule has 0 bridgehead atoms. The van der Waals surface area contributed by atoms with Crippen LogP contribution in [0, 0.1) is 0 Å². The molecule has 6 nitrogen and oxygen atoms in total. The summed E-state index contributed by atoms with van der Waals surface area (Å²) in [6.07, 6.45) is 0.314. The highest BCUT2D eigenvalue weighted by Crippen LogP contribution is 2.17. The Kier molecular flexibility index (Phi) is 4.77. The Hall–Kier alpha value is -1.40. The summed E-state index contributed by atoms with van der Waals surface area (Å²) >= 11 is 0. The molecule has 1 aromatic rings. The van der Waals surface area contributed by atoms with Gasteiger partial charge in [0.2, 0.25) is 11.8 Å². The van der Waals surface area contributed by atoms with E-state index in [4.69, 9.17) is 9.26 Å². The zero-order valence-corrected chi connectivity index (χ0v) is 12.5. The SMILES string of the molecule is CC(C)c1cc(NC(=O)CN2C[C@H](C)O[C@@H](C)C2)on1. The molecular weight excluding hydrogens is 258 g/mol. The van der Waals surface area contributed by atoms with Gasteiger partial charge in [0.05, 0.1) is 24.4 Å². The summed E-state index contributed by atoms with van der Waals surface area (Å²) in [4.78, 5) is 14.1. The largest absolute Gasteiger partial charge is 0.373 e. The predicted octanol–water partition coefficient (Wildman–Crippen LogP) is 1.85. The quantitative estimate of drug-likeness (QED) is 0.912. The number of rotatable bonds is 4. The van der Waals surface area contributed by atoms with E-state index in [0.717, 1.165) is 18.8 Å². The van der Waals surface area contributed by atoms with Gasteiger partial charge in [-0.2, -0.15) is 0 Å². The fraction of sp³-hybridized carbons (Fsp3) is 0.714. The highest BCUT2D eigenvalue weighted by Gasteiger charge is 2.24. The minimum atomic E-state index is -0.0854. The van der Waals surface area contributed by atoms with Crippen LogP contribution in [0.4, 0.5) is 5.88 Å². The molecule has 1 aliphatic rings. The monoisotopic (exact) mass is 281 g/mol. The van der Waals surface area contributed by atoms with Gasteiger partial charge in [-0.25, -0.2) is 0 Å². The van der Waals surface area contributed by atoms with Crippen molar-refractivity contribution in [1.29, 1.82) is 0 Å². The number of nitrogens with one attached hydrogen (secondary N) is 1. The lowest BCUT2D eigenvalue weighted by molar-refractivity contribution is -0.121. The Balaban J connectivity index is 1.85. The first-order valence-corrected chi connectivity index (χ1v) is 7.08. The van der Waals surface area contributed by atoms with E-state index in [9.17, 15) is 4.79 Å². The maximum Gasteiger partial charge on any atom is 0.240 e. The third-order valence-corrected chi connectivity index (χ3v) is 3.24. The zero-order chi connectivity index (χ0) is 14.7. The molecule has 1 aromatic heterocycles. The molecule has 0 aromatic carbocycles. The molecule has 6 heteroatoms. The van der Waals surface area contributed by atoms with Crippen LogP contribution in [0.2, 0.25) is 0 Å². The van der Waals surface area contributed by atoms with E-state index >= 15 is 0 Å². The number of ether oxygens (including phenoxy) is 1. The summed E-state index contributed by atoms with van der Waals surface area (Å²) in [6, 6.07) is 1.77. The van der Waals surface area contributed by atoms with Gasteiger partial charge in [0.15, 0.2) is 0 Å². The first-order valence-electron chi connectivity index (χ1n) is 7.08. The number of morpholine rings is 1. The Morgan fingerprint density at radius 1 is 1.45 bits per heavy atom. The highest BCUT2D eigenvalue weighted by atomic mass is 16.5. The number of hydrogen-bond donors (Lipinski definition) is 1. The van der Waals surface area contributed by atoms with Crippen LogP contribution in [0.1, 0.15) is 39.3 Å². The van der Waals surface area contributed by atoms with Crippen LogP contribution in [-0.4, -0.2) is 47.8 Å². The second-order valence-corrected chi connectivity index (χ2v) is 5.77. The van der Waals surface area contributed by atoms with Crippen molar-refractivity contribution in [3.05, 3.63) is 11.8 Å². The van der Waals surface area contributed by atoms with Crippen molar-refractivity contribution in [2.75, 3.05) is 25.0 Å². The van der Waals surface area contributed by atoms with Crippen molar-refractivity contribution in [2.24, 2.45) is 0 Å². The van der Waals surface area contributed by atoms with Crippen molar-refractivity contribution in [2.45, 2.75) is 45.8 Å². The van der Waals surface area contributed by atoms with E-state index in [1.807, 2.05) is 27.7 Å². The summed E-state index contributed by atoms with van der Waals surface area (Å²) < 4.78 is 10.7. The van der Waals surface area contributed by atoms with Gasteiger partial charge in [-0.15, -0.1) is 0 Å². The first-order chi connectivity index (χ1) is 9.44. The average Bonchev–Trinajstić information content (AvgIpc) is 2.75. The molecule has 1 fully saturated rings. The number of aromatic nitrogens is 1. The smallest absolute Gasteiger partial charge is 0.240 e. The Morgan fingerprint density at radius 3 is 2.65 bits per heavy atom. The van der Waals surface area contributed by atoms with Crippen molar-refractivity contribution < 1.29 is 14.1 Å². The molecule has 2 heterocycles. The molecule has 112 valence electrons. The van der Waals surface area contributed by atoms with Crippen LogP contribution in [0.5, 0.6) is 0 Å². The summed E-state index contributed by atoms with van der Waals surface area (Å²) in [5.41, 5.74) is 0.842. The van der Waals surface area contributed by atoms with Crippen LogP contribution < -0.4 is 5.32 Å². The van der Waals surface area contributed by atoms with Crippen LogP contribution in [0.15, 0.2) is 10.6 Å². The first kappa shape index (κ1) is 15.0. The van der Waals surface area contributed by atoms with E-state index in [-0.39, 0.29) is 24.0 Å². The Labute approximate surface area is 119 Å². The second kappa shape index (κ2) is 6.37. The third kappa shape index (κ3) is 4.05. The number of anilines is 1. The van der Waals surface area contributed by atoms with E-state index in [1.165, 1.54) is 0 Å². The molecule has 0 spiro atoms. The molecule has 0 unspecified atom stereocenters. The van der Waals surface area contributed by atoms with Gasteiger partial charge in [0, 0.05) is 19.2 Å². The van der Waals surface area contributed by atoms with Gasteiger partial charge in [-0.1, -0.05) is 19.0 Å². The molecule has 1 saturated heterocycles. The van der Waals surface area contributed by atoms with E-state index in [1.54, 1.807) is 6.07 Å². The fourth-order valence-electron chi connectivity index (χ4n) is 2.41. The summed E-state index contributed by atoms with van der Waals surface area (Å²) in [7, 11) is 0. The maximum atomic E-state index is 12.0. The van der Waals surface area contributed by atoms with Crippen LogP contribution in [0.25, 0.3) is 0 Å². The van der Waals surface area contributed by atoms with Gasteiger partial charge < -0.3 is 9.26 Å². The normalized spacial score (nSPS) is 24.1. The molecule has 2 atom stereocenters. The van der Waals surface area contributed by atoms with Crippen molar-refractivity contribution >= 4 is 11.8 Å². The van der Waals surface area contributed by atoms with Crippen LogP contribution in [-0.2, 0) is 9.53 Å². The van der Waals surface area contributed by atoms with Crippen molar-refractivity contribution in [3.63, 3.8) is 0 Å². The zero-order valence-electron chi connectivity index (χ0n) is 12.5. The second-order valence-electron chi connectivity index (χ2n) is 5.77. The molecule has 1 aliphatic heterocycles. The van der Waals surface area contributed by atoms with E-state index in [0.29, 0.717) is 12.4 Å². The number of hydrogen-bond acceptors (Lipinski definition) is 5. The van der Waals surface area contributed by atoms with Gasteiger partial charge in [0.25, 0.3) is 0 Å². The highest BCUT2D eigenvalue weighted by molar-refractivity contribution is 5.90. The summed E-state index contributed by atoms with van der Waals surface area (Å²) in [5, 5.41) is 6.66. The number of nitrogens with zero attached hydrogens (tertiary/aromatic N) is 2. The summed E-state index contributed by atoms with van der Waals surface area (Å²) in [6.45, 7) is 9.98. The van der Waals surface area contributed by atoms with E-state index in [2.05, 4.69) is 15.4 Å². The molecule has 0 aliphatic carbocycles. The maximum absolute atomic E-state index is 12.0. The number of carbonyl (C=O) groups excluding carboxylic acids is 1. The van der Waals surface area contributed by atoms with Crippen LogP contribution in [0.3, 0.4) is 0 Å². The standard InChI is InChI=1S/C14H23N3O3/c1-9(2)12-5-14(20-16-12)15-13(18)8-17-6-10(3)19-11(4)7-17/h5,9-11H,6-8H2,1-4H3,(H,15,18)/t10-,11-/m0/s1. The van der Waals surface area contributed by atoms with Gasteiger partial charge in [-0.05, 0) is 19.8 Å². The molecule has 0 saturated carbocycles. The van der Waals surface area contributed by atoms with Gasteiger partial charge >= 0.3 is 0 Å². The van der Waals surface area contributed by atoms with Gasteiger partial charge in [-0.3, -0.25) is 15.0 Å². The molecule has 1 amide bonds. The Bertz CT molecular complexity index is 448. The average molecular weight is 281 g/mol. The molecule has 0 radical (unpaired) electrons. The summed E-state index contributed by atoms with van der Waals surface area (Å²) in [5.74, 6) is 0.608. The molecule has 20 heavy (non-hydrogen) atoms. The lowest BCUT2D eigenvalue weighted by Crippen LogP contribution is -2.48. The molecule has 1 N–H and O–H groups in total. The molecule has 2 rings (SSSR count). The fourth-order valence-corrected chi connectivity index (χ4v) is 2.41. The number of carbonyl (C=O) groups is 1. The Morgan fingerprint density at radius 2 is 2.10 bits per heavy atom. The predicted molar refractivity (Wildman–Crippen MR) is 75.7 cm³/mol. The minimum Gasteiger partial charge on any atom is -0.373 e. The third-order valence-electron chi connectivity index (χ3n) is 3.24. The molecular formula is C14H23N3O3. The van der Waals surface area contributed by atoms with Crippen LogP contribution >= 0.6 is 0 Å². The minimum absolute atomic E-state index is 0.0854. The lowest BCUT2D eigenvalue weighted by atomic mass is 10.1. The van der Waals surface area contributed by atoms with E-state index < -0.39 is 0 Å². The lowest BCUT2D eigenvalue weighted by Gasteiger charge is -2.34. The number of amides is 1. The van der Waals surface area contributed by atoms with Crippen molar-refractivity contribution in [1.82, 2.24) is 10.1 Å².